The quantitative estimate of drug-likeness (QED) is 0.798. The second kappa shape index (κ2) is 5.37. The van der Waals surface area contributed by atoms with Crippen LogP contribution in [-0.4, -0.2) is 21.0 Å². The second-order valence-electron chi connectivity index (χ2n) is 3.41. The highest BCUT2D eigenvalue weighted by molar-refractivity contribution is 7.80. The fraction of sp³-hybridized carbons (Fsp3) is 0.0909. The van der Waals surface area contributed by atoms with Crippen molar-refractivity contribution in [1.82, 2.24) is 15.3 Å². The van der Waals surface area contributed by atoms with Gasteiger partial charge in [-0.05, 0) is 37.3 Å². The molecule has 1 amide bonds. The lowest BCUT2D eigenvalue weighted by Crippen LogP contribution is -2.34. The first-order valence-corrected chi connectivity index (χ1v) is 5.51. The Morgan fingerprint density at radius 3 is 2.94 bits per heavy atom. The highest BCUT2D eigenvalue weighted by atomic mass is 32.1. The zero-order chi connectivity index (χ0) is 13.0. The van der Waals surface area contributed by atoms with Crippen LogP contribution in [0.3, 0.4) is 0 Å². The van der Waals surface area contributed by atoms with Gasteiger partial charge in [0.2, 0.25) is 5.95 Å². The minimum atomic E-state index is -0.426. The van der Waals surface area contributed by atoms with Gasteiger partial charge in [-0.2, -0.15) is 0 Å². The molecule has 92 valence electrons. The third kappa shape index (κ3) is 3.11. The van der Waals surface area contributed by atoms with E-state index in [-0.39, 0.29) is 10.9 Å². The Bertz CT molecular complexity index is 568. The first-order valence-electron chi connectivity index (χ1n) is 5.10. The topological polar surface area (TPSA) is 80.0 Å². The number of aryl methyl sites for hydroxylation is 1. The van der Waals surface area contributed by atoms with E-state index in [1.165, 1.54) is 6.26 Å². The number of rotatable bonds is 2. The van der Waals surface area contributed by atoms with Crippen molar-refractivity contribution >= 4 is 29.2 Å². The molecule has 0 bridgehead atoms. The van der Waals surface area contributed by atoms with Gasteiger partial charge < -0.3 is 9.73 Å². The number of furan rings is 1. The summed E-state index contributed by atoms with van der Waals surface area (Å²) in [7, 11) is 0. The van der Waals surface area contributed by atoms with Gasteiger partial charge in [-0.25, -0.2) is 9.97 Å². The maximum atomic E-state index is 11.6. The molecule has 0 spiro atoms. The van der Waals surface area contributed by atoms with Crippen LogP contribution in [0.25, 0.3) is 0 Å². The zero-order valence-corrected chi connectivity index (χ0v) is 10.3. The number of amides is 1. The first kappa shape index (κ1) is 12.2. The van der Waals surface area contributed by atoms with Crippen molar-refractivity contribution in [1.29, 1.82) is 0 Å². The fourth-order valence-corrected chi connectivity index (χ4v) is 1.40. The summed E-state index contributed by atoms with van der Waals surface area (Å²) >= 11 is 4.96. The van der Waals surface area contributed by atoms with Crippen molar-refractivity contribution in [3.8, 4) is 0 Å². The van der Waals surface area contributed by atoms with Crippen molar-refractivity contribution in [2.45, 2.75) is 6.92 Å². The molecule has 0 aliphatic carbocycles. The zero-order valence-electron chi connectivity index (χ0n) is 9.51. The lowest BCUT2D eigenvalue weighted by Gasteiger charge is -2.06. The van der Waals surface area contributed by atoms with Crippen LogP contribution in [0.4, 0.5) is 5.95 Å². The molecular weight excluding hydrogens is 252 g/mol. The van der Waals surface area contributed by atoms with Gasteiger partial charge in [-0.15, -0.1) is 0 Å². The molecule has 0 atom stereocenters. The number of nitrogens with zero attached hydrogens (tertiary/aromatic N) is 2. The van der Waals surface area contributed by atoms with Crippen LogP contribution in [0.15, 0.2) is 35.1 Å². The van der Waals surface area contributed by atoms with Crippen LogP contribution in [0.5, 0.6) is 0 Å². The molecule has 7 heteroatoms. The van der Waals surface area contributed by atoms with Crippen LogP contribution in [0, 0.1) is 6.92 Å². The van der Waals surface area contributed by atoms with E-state index >= 15 is 0 Å². The largest absolute Gasteiger partial charge is 0.459 e. The Kier molecular flexibility index (Phi) is 3.63. The van der Waals surface area contributed by atoms with Crippen LogP contribution >= 0.6 is 12.2 Å². The van der Waals surface area contributed by atoms with E-state index in [4.69, 9.17) is 16.6 Å². The van der Waals surface area contributed by atoms with Gasteiger partial charge >= 0.3 is 0 Å². The number of nitrogens with one attached hydrogen (secondary N) is 2. The van der Waals surface area contributed by atoms with Gasteiger partial charge in [0, 0.05) is 11.9 Å². The summed E-state index contributed by atoms with van der Waals surface area (Å²) in [5.74, 6) is 0.0919. The Morgan fingerprint density at radius 2 is 2.28 bits per heavy atom. The summed E-state index contributed by atoms with van der Waals surface area (Å²) in [4.78, 5) is 19.7. The number of carbonyl (C=O) groups excluding carboxylic acids is 1. The molecule has 2 rings (SSSR count). The van der Waals surface area contributed by atoms with Gasteiger partial charge in [0.25, 0.3) is 5.91 Å². The standard InChI is InChI=1S/C11H10N4O2S/c1-7-4-5-12-10(13-7)15-11(18)14-9(16)8-3-2-6-17-8/h2-6H,1H3,(H2,12,13,14,15,16,18). The Morgan fingerprint density at radius 1 is 1.44 bits per heavy atom. The number of aromatic nitrogens is 2. The molecule has 2 N–H and O–H groups in total. The van der Waals surface area contributed by atoms with E-state index < -0.39 is 5.91 Å². The molecule has 0 aliphatic rings. The first-order chi connectivity index (χ1) is 8.65. The molecule has 2 aromatic rings. The molecule has 6 nitrogen and oxygen atoms in total. The SMILES string of the molecule is Cc1ccnc(NC(=S)NC(=O)c2ccco2)n1. The Hall–Kier alpha value is -2.28. The average molecular weight is 262 g/mol. The number of carbonyl (C=O) groups is 1. The van der Waals surface area contributed by atoms with Crippen molar-refractivity contribution < 1.29 is 9.21 Å². The monoisotopic (exact) mass is 262 g/mol. The minimum absolute atomic E-state index is 0.113. The molecule has 2 heterocycles. The van der Waals surface area contributed by atoms with Crippen LogP contribution in [0.1, 0.15) is 16.2 Å². The summed E-state index contributed by atoms with van der Waals surface area (Å²) in [5, 5.41) is 5.28. The predicted molar refractivity (Wildman–Crippen MR) is 69.2 cm³/mol. The molecule has 0 aromatic carbocycles. The van der Waals surface area contributed by atoms with Crippen molar-refractivity contribution in [3.63, 3.8) is 0 Å². The Labute approximate surface area is 108 Å². The van der Waals surface area contributed by atoms with Crippen LogP contribution in [0.2, 0.25) is 0 Å². The van der Waals surface area contributed by atoms with E-state index in [2.05, 4.69) is 20.6 Å². The number of thiocarbonyl (C=S) groups is 1. The van der Waals surface area contributed by atoms with E-state index in [0.717, 1.165) is 5.69 Å². The Balaban J connectivity index is 1.95. The summed E-state index contributed by atoms with van der Waals surface area (Å²) in [6, 6.07) is 4.92. The van der Waals surface area contributed by atoms with E-state index in [0.29, 0.717) is 5.95 Å². The summed E-state index contributed by atoms with van der Waals surface area (Å²) < 4.78 is 4.93. The maximum absolute atomic E-state index is 11.6. The number of hydrogen-bond donors (Lipinski definition) is 2. The third-order valence-corrected chi connectivity index (χ3v) is 2.20. The van der Waals surface area contributed by atoms with Crippen LogP contribution < -0.4 is 10.6 Å². The third-order valence-electron chi connectivity index (χ3n) is 1.99. The summed E-state index contributed by atoms with van der Waals surface area (Å²) in [6.45, 7) is 1.83. The molecule has 0 radical (unpaired) electrons. The van der Waals surface area contributed by atoms with E-state index in [9.17, 15) is 4.79 Å². The lowest BCUT2D eigenvalue weighted by molar-refractivity contribution is 0.0950. The summed E-state index contributed by atoms with van der Waals surface area (Å²) in [6.07, 6.45) is 3.01. The van der Waals surface area contributed by atoms with E-state index in [1.54, 1.807) is 24.4 Å². The van der Waals surface area contributed by atoms with E-state index in [1.807, 2.05) is 6.92 Å². The summed E-state index contributed by atoms with van der Waals surface area (Å²) in [5.41, 5.74) is 0.799. The van der Waals surface area contributed by atoms with Gasteiger partial charge in [-0.3, -0.25) is 10.1 Å². The molecule has 0 aliphatic heterocycles. The maximum Gasteiger partial charge on any atom is 0.293 e. The molecule has 18 heavy (non-hydrogen) atoms. The van der Waals surface area contributed by atoms with Gasteiger partial charge in [-0.1, -0.05) is 0 Å². The molecule has 0 unspecified atom stereocenters. The van der Waals surface area contributed by atoms with Gasteiger partial charge in [0.05, 0.1) is 6.26 Å². The molecular formula is C11H10N4O2S. The lowest BCUT2D eigenvalue weighted by atomic mass is 10.4. The predicted octanol–water partition coefficient (Wildman–Crippen LogP) is 1.50. The molecule has 0 fully saturated rings. The molecule has 2 aromatic heterocycles. The number of anilines is 1. The fourth-order valence-electron chi connectivity index (χ4n) is 1.21. The number of hydrogen-bond acceptors (Lipinski definition) is 5. The van der Waals surface area contributed by atoms with Crippen molar-refractivity contribution in [2.75, 3.05) is 5.32 Å². The van der Waals surface area contributed by atoms with Gasteiger partial charge in [0.1, 0.15) is 0 Å². The van der Waals surface area contributed by atoms with Gasteiger partial charge in [0.15, 0.2) is 10.9 Å². The van der Waals surface area contributed by atoms with Crippen molar-refractivity contribution in [2.24, 2.45) is 0 Å². The smallest absolute Gasteiger partial charge is 0.293 e. The van der Waals surface area contributed by atoms with Crippen molar-refractivity contribution in [3.05, 3.63) is 42.1 Å². The molecule has 0 saturated heterocycles. The highest BCUT2D eigenvalue weighted by Crippen LogP contribution is 2.01. The minimum Gasteiger partial charge on any atom is -0.459 e. The normalized spacial score (nSPS) is 9.83. The average Bonchev–Trinajstić information content (AvgIpc) is 2.81. The molecule has 0 saturated carbocycles. The second-order valence-corrected chi connectivity index (χ2v) is 3.82. The van der Waals surface area contributed by atoms with Crippen LogP contribution in [-0.2, 0) is 0 Å². The highest BCUT2D eigenvalue weighted by Gasteiger charge is 2.10.